The largest absolute Gasteiger partial charge is 0.396 e. The van der Waals surface area contributed by atoms with Gasteiger partial charge < -0.3 is 5.11 Å². The Labute approximate surface area is 140 Å². The smallest absolute Gasteiger partial charge is 0.151 e. The monoisotopic (exact) mass is 335 g/mol. The summed E-state index contributed by atoms with van der Waals surface area (Å²) in [5.41, 5.74) is 0.638. The van der Waals surface area contributed by atoms with Crippen molar-refractivity contribution in [1.82, 2.24) is 14.7 Å². The Balaban J connectivity index is 1.66. The van der Waals surface area contributed by atoms with Crippen molar-refractivity contribution in [1.29, 1.82) is 0 Å². The predicted octanol–water partition coefficient (Wildman–Crippen LogP) is 3.13. The molecule has 0 unspecified atom stereocenters. The Kier molecular flexibility index (Phi) is 5.26. The summed E-state index contributed by atoms with van der Waals surface area (Å²) >= 11 is 0. The van der Waals surface area contributed by atoms with Crippen molar-refractivity contribution in [2.24, 2.45) is 5.92 Å². The summed E-state index contributed by atoms with van der Waals surface area (Å²) in [7, 11) is 2.05. The van der Waals surface area contributed by atoms with Crippen LogP contribution in [0.15, 0.2) is 30.5 Å². The Morgan fingerprint density at radius 3 is 2.46 bits per heavy atom. The second-order valence-corrected chi connectivity index (χ2v) is 6.59. The van der Waals surface area contributed by atoms with E-state index in [-0.39, 0.29) is 12.3 Å². The summed E-state index contributed by atoms with van der Waals surface area (Å²) in [5, 5.41) is 13.5. The topological polar surface area (TPSA) is 41.3 Å². The van der Waals surface area contributed by atoms with Gasteiger partial charge in [0.2, 0.25) is 0 Å². The molecule has 1 fully saturated rings. The van der Waals surface area contributed by atoms with Crippen LogP contribution in [-0.2, 0) is 6.54 Å². The van der Waals surface area contributed by atoms with E-state index in [1.54, 1.807) is 12.3 Å². The minimum atomic E-state index is -0.625. The van der Waals surface area contributed by atoms with E-state index >= 15 is 0 Å². The molecule has 24 heavy (non-hydrogen) atoms. The van der Waals surface area contributed by atoms with Crippen molar-refractivity contribution < 1.29 is 13.9 Å². The Morgan fingerprint density at radius 2 is 1.83 bits per heavy atom. The van der Waals surface area contributed by atoms with Crippen LogP contribution in [-0.4, -0.2) is 39.5 Å². The molecule has 1 aromatic heterocycles. The van der Waals surface area contributed by atoms with Gasteiger partial charge in [-0.1, -0.05) is 6.07 Å². The van der Waals surface area contributed by atoms with Crippen LogP contribution in [0.5, 0.6) is 0 Å². The maximum atomic E-state index is 13.8. The molecule has 3 rings (SSSR count). The summed E-state index contributed by atoms with van der Waals surface area (Å²) in [6, 6.07) is 6.05. The fraction of sp³-hybridized carbons (Fsp3) is 0.500. The van der Waals surface area contributed by atoms with Crippen LogP contribution in [0.2, 0.25) is 0 Å². The highest BCUT2D eigenvalue weighted by molar-refractivity contribution is 5.34. The van der Waals surface area contributed by atoms with Gasteiger partial charge in [-0.25, -0.2) is 13.5 Å². The molecular formula is C18H23F2N3O. The number of hydrogen-bond donors (Lipinski definition) is 1. The molecule has 6 heteroatoms. The molecule has 0 saturated heterocycles. The third kappa shape index (κ3) is 3.65. The molecule has 130 valence electrons. The van der Waals surface area contributed by atoms with Gasteiger partial charge in [-0.15, -0.1) is 0 Å². The van der Waals surface area contributed by atoms with Crippen LogP contribution in [0, 0.1) is 17.6 Å². The fourth-order valence-electron chi connectivity index (χ4n) is 3.43. The molecule has 0 bridgehead atoms. The van der Waals surface area contributed by atoms with Gasteiger partial charge in [0.25, 0.3) is 0 Å². The van der Waals surface area contributed by atoms with Crippen LogP contribution < -0.4 is 0 Å². The number of aromatic nitrogens is 2. The highest BCUT2D eigenvalue weighted by atomic mass is 19.1. The van der Waals surface area contributed by atoms with Crippen LogP contribution in [0.25, 0.3) is 5.69 Å². The van der Waals surface area contributed by atoms with E-state index in [0.29, 0.717) is 18.5 Å². The van der Waals surface area contributed by atoms with Crippen molar-refractivity contribution in [3.05, 3.63) is 47.8 Å². The van der Waals surface area contributed by atoms with Crippen LogP contribution >= 0.6 is 0 Å². The number of hydrogen-bond acceptors (Lipinski definition) is 3. The standard InChI is InChI=1S/C18H23F2N3O/c1-22(15-7-5-13(12-24)6-8-15)11-14-9-10-23(21-14)18-16(19)3-2-4-17(18)20/h2-4,9-10,13,15,24H,5-8,11-12H2,1H3. The van der Waals surface area contributed by atoms with E-state index in [1.165, 1.54) is 22.9 Å². The lowest BCUT2D eigenvalue weighted by atomic mass is 9.86. The Morgan fingerprint density at radius 1 is 1.17 bits per heavy atom. The zero-order valence-electron chi connectivity index (χ0n) is 13.8. The van der Waals surface area contributed by atoms with E-state index in [1.807, 2.05) is 7.05 Å². The lowest BCUT2D eigenvalue weighted by Gasteiger charge is -2.33. The van der Waals surface area contributed by atoms with Gasteiger partial charge in [0.15, 0.2) is 11.6 Å². The molecule has 2 aromatic rings. The van der Waals surface area contributed by atoms with Crippen molar-refractivity contribution in [3.63, 3.8) is 0 Å². The normalized spacial score (nSPS) is 21.4. The van der Waals surface area contributed by atoms with E-state index in [9.17, 15) is 13.9 Å². The van der Waals surface area contributed by atoms with E-state index < -0.39 is 11.6 Å². The van der Waals surface area contributed by atoms with Crippen molar-refractivity contribution in [2.75, 3.05) is 13.7 Å². The van der Waals surface area contributed by atoms with E-state index in [4.69, 9.17) is 0 Å². The number of benzene rings is 1. The first-order valence-electron chi connectivity index (χ1n) is 8.38. The minimum absolute atomic E-state index is 0.144. The predicted molar refractivity (Wildman–Crippen MR) is 87.8 cm³/mol. The average molecular weight is 335 g/mol. The highest BCUT2D eigenvalue weighted by Gasteiger charge is 2.24. The Bertz CT molecular complexity index is 660. The summed E-state index contributed by atoms with van der Waals surface area (Å²) in [5.74, 6) is -0.821. The molecule has 0 aliphatic heterocycles. The molecule has 1 saturated carbocycles. The summed E-state index contributed by atoms with van der Waals surface area (Å²) < 4.78 is 28.9. The van der Waals surface area contributed by atoms with Gasteiger partial charge in [0.1, 0.15) is 5.69 Å². The van der Waals surface area contributed by atoms with Crippen molar-refractivity contribution >= 4 is 0 Å². The summed E-state index contributed by atoms with van der Waals surface area (Å²) in [6.07, 6.45) is 5.79. The van der Waals surface area contributed by atoms with E-state index in [0.717, 1.165) is 31.4 Å². The average Bonchev–Trinajstić information content (AvgIpc) is 3.03. The zero-order chi connectivity index (χ0) is 17.1. The van der Waals surface area contributed by atoms with Crippen LogP contribution in [0.3, 0.4) is 0 Å². The summed E-state index contributed by atoms with van der Waals surface area (Å²) in [4.78, 5) is 2.23. The molecule has 1 aromatic carbocycles. The molecule has 0 amide bonds. The van der Waals surface area contributed by atoms with Crippen LogP contribution in [0.4, 0.5) is 8.78 Å². The fourth-order valence-corrected chi connectivity index (χ4v) is 3.43. The number of nitrogens with zero attached hydrogens (tertiary/aromatic N) is 3. The molecular weight excluding hydrogens is 312 g/mol. The molecule has 1 heterocycles. The van der Waals surface area contributed by atoms with Gasteiger partial charge in [-0.2, -0.15) is 5.10 Å². The molecule has 1 aliphatic rings. The second kappa shape index (κ2) is 7.40. The van der Waals surface area contributed by atoms with Gasteiger partial charge >= 0.3 is 0 Å². The minimum Gasteiger partial charge on any atom is -0.396 e. The third-order valence-corrected chi connectivity index (χ3v) is 4.92. The number of aliphatic hydroxyl groups is 1. The number of halogens is 2. The first kappa shape index (κ1) is 17.0. The molecule has 0 spiro atoms. The molecule has 0 radical (unpaired) electrons. The number of rotatable bonds is 5. The van der Waals surface area contributed by atoms with Gasteiger partial charge in [-0.05, 0) is 56.8 Å². The zero-order valence-corrected chi connectivity index (χ0v) is 13.8. The lowest BCUT2D eigenvalue weighted by molar-refractivity contribution is 0.123. The van der Waals surface area contributed by atoms with Crippen LogP contribution in [0.1, 0.15) is 31.4 Å². The van der Waals surface area contributed by atoms with Gasteiger partial charge in [0.05, 0.1) is 5.69 Å². The summed E-state index contributed by atoms with van der Waals surface area (Å²) in [6.45, 7) is 0.909. The molecule has 1 N–H and O–H groups in total. The first-order valence-corrected chi connectivity index (χ1v) is 8.38. The lowest BCUT2D eigenvalue weighted by Crippen LogP contribution is -2.35. The molecule has 1 aliphatic carbocycles. The van der Waals surface area contributed by atoms with Gasteiger partial charge in [-0.3, -0.25) is 4.90 Å². The first-order chi connectivity index (χ1) is 11.6. The number of para-hydroxylation sites is 1. The highest BCUT2D eigenvalue weighted by Crippen LogP contribution is 2.27. The van der Waals surface area contributed by atoms with Gasteiger partial charge in [0, 0.05) is 25.4 Å². The maximum Gasteiger partial charge on any atom is 0.151 e. The SMILES string of the molecule is CN(Cc1ccn(-c2c(F)cccc2F)n1)C1CCC(CO)CC1. The van der Waals surface area contributed by atoms with E-state index in [2.05, 4.69) is 10.00 Å². The number of aliphatic hydroxyl groups excluding tert-OH is 1. The second-order valence-electron chi connectivity index (χ2n) is 6.59. The Hall–Kier alpha value is -1.79. The third-order valence-electron chi connectivity index (χ3n) is 4.92. The maximum absolute atomic E-state index is 13.8. The molecule has 4 nitrogen and oxygen atoms in total. The quantitative estimate of drug-likeness (QED) is 0.913. The van der Waals surface area contributed by atoms with Crippen molar-refractivity contribution in [2.45, 2.75) is 38.3 Å². The van der Waals surface area contributed by atoms with Crippen molar-refractivity contribution in [3.8, 4) is 5.69 Å². The molecule has 0 atom stereocenters.